The van der Waals surface area contributed by atoms with E-state index in [1.807, 2.05) is 0 Å². The second-order valence-corrected chi connectivity index (χ2v) is 6.57. The third kappa shape index (κ3) is 6.95. The van der Waals surface area contributed by atoms with E-state index in [9.17, 15) is 22.8 Å². The number of nitrogens with one attached hydrogen (secondary N) is 1. The van der Waals surface area contributed by atoms with E-state index in [-0.39, 0.29) is 12.6 Å². The first-order chi connectivity index (χ1) is 12.9. The number of hydrogen-bond donors (Lipinski definition) is 1. The molecule has 27 heavy (non-hydrogen) atoms. The molecule has 1 heterocycles. The maximum atomic E-state index is 12.6. The molecule has 1 saturated heterocycles. The maximum absolute atomic E-state index is 12.6. The van der Waals surface area contributed by atoms with Gasteiger partial charge in [-0.25, -0.2) is 0 Å². The SMILES string of the molecule is O=CCCCCCN1CCNCC1C(=O)OCc1ccc(C(F)(F)F)cc1. The van der Waals surface area contributed by atoms with Crippen molar-refractivity contribution in [2.45, 2.75) is 44.5 Å². The van der Waals surface area contributed by atoms with E-state index in [1.165, 1.54) is 12.1 Å². The van der Waals surface area contributed by atoms with Crippen LogP contribution in [0.15, 0.2) is 24.3 Å². The number of alkyl halides is 3. The first-order valence-corrected chi connectivity index (χ1v) is 9.13. The van der Waals surface area contributed by atoms with Gasteiger partial charge in [0.15, 0.2) is 0 Å². The van der Waals surface area contributed by atoms with Gasteiger partial charge in [0.1, 0.15) is 18.9 Å². The summed E-state index contributed by atoms with van der Waals surface area (Å²) in [5.41, 5.74) is -0.213. The third-order valence-electron chi connectivity index (χ3n) is 4.56. The first-order valence-electron chi connectivity index (χ1n) is 9.13. The molecule has 1 aromatic rings. The summed E-state index contributed by atoms with van der Waals surface area (Å²) in [6.45, 7) is 2.70. The van der Waals surface area contributed by atoms with Gasteiger partial charge in [0.25, 0.3) is 0 Å². The molecule has 1 aliphatic rings. The largest absolute Gasteiger partial charge is 0.460 e. The Kier molecular flexibility index (Phi) is 8.24. The van der Waals surface area contributed by atoms with Gasteiger partial charge in [-0.2, -0.15) is 13.2 Å². The van der Waals surface area contributed by atoms with Gasteiger partial charge in [0, 0.05) is 26.1 Å². The number of unbranched alkanes of at least 4 members (excludes halogenated alkanes) is 3. The fraction of sp³-hybridized carbons (Fsp3) is 0.579. The predicted molar refractivity (Wildman–Crippen MR) is 94.0 cm³/mol. The third-order valence-corrected chi connectivity index (χ3v) is 4.56. The Balaban J connectivity index is 1.82. The summed E-state index contributed by atoms with van der Waals surface area (Å²) in [5, 5.41) is 3.16. The average molecular weight is 386 g/mol. The Bertz CT molecular complexity index is 605. The van der Waals surface area contributed by atoms with Gasteiger partial charge in [-0.1, -0.05) is 18.6 Å². The van der Waals surface area contributed by atoms with Crippen LogP contribution < -0.4 is 5.32 Å². The number of benzene rings is 1. The lowest BCUT2D eigenvalue weighted by atomic mass is 10.1. The summed E-state index contributed by atoms with van der Waals surface area (Å²) in [7, 11) is 0. The van der Waals surface area contributed by atoms with E-state index < -0.39 is 17.8 Å². The molecule has 0 saturated carbocycles. The Morgan fingerprint density at radius 2 is 1.96 bits per heavy atom. The molecule has 0 aliphatic carbocycles. The fourth-order valence-electron chi connectivity index (χ4n) is 3.01. The standard InChI is InChI=1S/C19H25F3N2O3/c20-19(21,22)16-7-5-15(6-8-16)14-27-18(26)17-13-23-9-11-24(17)10-3-1-2-4-12-25/h5-8,12,17,23H,1-4,9-11,13-14H2. The normalized spacial score (nSPS) is 18.3. The molecule has 0 radical (unpaired) electrons. The molecular formula is C19H25F3N2O3. The number of ether oxygens (including phenoxy) is 1. The Morgan fingerprint density at radius 1 is 1.22 bits per heavy atom. The van der Waals surface area contributed by atoms with Crippen LogP contribution in [0.3, 0.4) is 0 Å². The summed E-state index contributed by atoms with van der Waals surface area (Å²) in [6, 6.07) is 4.20. The number of aldehydes is 1. The van der Waals surface area contributed by atoms with Gasteiger partial charge >= 0.3 is 12.1 Å². The van der Waals surface area contributed by atoms with Gasteiger partial charge in [0.05, 0.1) is 5.56 Å². The number of carbonyl (C=O) groups excluding carboxylic acids is 2. The molecule has 1 N–H and O–H groups in total. The summed E-state index contributed by atoms with van der Waals surface area (Å²) in [6.07, 6.45) is -0.243. The van der Waals surface area contributed by atoms with Crippen LogP contribution >= 0.6 is 0 Å². The second-order valence-electron chi connectivity index (χ2n) is 6.57. The van der Waals surface area contributed by atoms with Crippen LogP contribution in [0.4, 0.5) is 13.2 Å². The number of halogens is 3. The molecule has 0 aromatic heterocycles. The number of rotatable bonds is 9. The van der Waals surface area contributed by atoms with Crippen molar-refractivity contribution in [3.8, 4) is 0 Å². The zero-order chi connectivity index (χ0) is 19.7. The topological polar surface area (TPSA) is 58.6 Å². The minimum absolute atomic E-state index is 0.0549. The van der Waals surface area contributed by atoms with Gasteiger partial charge in [-0.15, -0.1) is 0 Å². The molecule has 1 aromatic carbocycles. The van der Waals surface area contributed by atoms with Crippen molar-refractivity contribution in [1.82, 2.24) is 10.2 Å². The van der Waals surface area contributed by atoms with Crippen LogP contribution in [0, 0.1) is 0 Å². The molecule has 1 aliphatic heterocycles. The van der Waals surface area contributed by atoms with Crippen LogP contribution in [0.1, 0.15) is 36.8 Å². The highest BCUT2D eigenvalue weighted by Gasteiger charge is 2.31. The quantitative estimate of drug-likeness (QED) is 0.402. The molecule has 0 bridgehead atoms. The minimum Gasteiger partial charge on any atom is -0.460 e. The number of esters is 1. The highest BCUT2D eigenvalue weighted by atomic mass is 19.4. The highest BCUT2D eigenvalue weighted by Crippen LogP contribution is 2.29. The van der Waals surface area contributed by atoms with E-state index in [4.69, 9.17) is 4.74 Å². The lowest BCUT2D eigenvalue weighted by Crippen LogP contribution is -2.55. The van der Waals surface area contributed by atoms with E-state index in [0.717, 1.165) is 57.3 Å². The average Bonchev–Trinajstić information content (AvgIpc) is 2.66. The molecule has 0 spiro atoms. The van der Waals surface area contributed by atoms with Crippen molar-refractivity contribution in [1.29, 1.82) is 0 Å². The molecule has 0 amide bonds. The summed E-state index contributed by atoms with van der Waals surface area (Å²) >= 11 is 0. The number of piperazine rings is 1. The molecule has 1 fully saturated rings. The zero-order valence-corrected chi connectivity index (χ0v) is 15.1. The van der Waals surface area contributed by atoms with Crippen LogP contribution in [0.2, 0.25) is 0 Å². The van der Waals surface area contributed by atoms with Gasteiger partial charge in [-0.05, 0) is 37.1 Å². The van der Waals surface area contributed by atoms with E-state index >= 15 is 0 Å². The second kappa shape index (κ2) is 10.4. The van der Waals surface area contributed by atoms with Crippen molar-refractivity contribution in [3.63, 3.8) is 0 Å². The van der Waals surface area contributed by atoms with E-state index in [1.54, 1.807) is 0 Å². The molecule has 1 atom stereocenters. The van der Waals surface area contributed by atoms with E-state index in [2.05, 4.69) is 10.2 Å². The molecule has 8 heteroatoms. The van der Waals surface area contributed by atoms with Crippen molar-refractivity contribution in [2.75, 3.05) is 26.2 Å². The van der Waals surface area contributed by atoms with Crippen LogP contribution in [-0.4, -0.2) is 49.4 Å². The maximum Gasteiger partial charge on any atom is 0.416 e. The summed E-state index contributed by atoms with van der Waals surface area (Å²) < 4.78 is 43.0. The lowest BCUT2D eigenvalue weighted by molar-refractivity contribution is -0.152. The molecule has 5 nitrogen and oxygen atoms in total. The van der Waals surface area contributed by atoms with Crippen molar-refractivity contribution < 1.29 is 27.5 Å². The highest BCUT2D eigenvalue weighted by molar-refractivity contribution is 5.76. The van der Waals surface area contributed by atoms with Crippen molar-refractivity contribution in [2.24, 2.45) is 0 Å². The lowest BCUT2D eigenvalue weighted by Gasteiger charge is -2.34. The Hall–Kier alpha value is -1.93. The minimum atomic E-state index is -4.38. The van der Waals surface area contributed by atoms with Crippen LogP contribution in [0.25, 0.3) is 0 Å². The first kappa shape index (κ1) is 21.4. The molecule has 150 valence electrons. The summed E-state index contributed by atoms with van der Waals surface area (Å²) in [5.74, 6) is -0.380. The van der Waals surface area contributed by atoms with Gasteiger partial charge < -0.3 is 14.8 Å². The molecule has 2 rings (SSSR count). The van der Waals surface area contributed by atoms with E-state index in [0.29, 0.717) is 18.5 Å². The van der Waals surface area contributed by atoms with Gasteiger partial charge in [-0.3, -0.25) is 9.69 Å². The zero-order valence-electron chi connectivity index (χ0n) is 15.1. The summed E-state index contributed by atoms with van der Waals surface area (Å²) in [4.78, 5) is 24.8. The fourth-order valence-corrected chi connectivity index (χ4v) is 3.01. The monoisotopic (exact) mass is 386 g/mol. The Labute approximate surface area is 156 Å². The number of nitrogens with zero attached hydrogens (tertiary/aromatic N) is 1. The van der Waals surface area contributed by atoms with Crippen LogP contribution in [0.5, 0.6) is 0 Å². The Morgan fingerprint density at radius 3 is 2.63 bits per heavy atom. The number of carbonyl (C=O) groups is 2. The smallest absolute Gasteiger partial charge is 0.416 e. The van der Waals surface area contributed by atoms with Crippen LogP contribution in [-0.2, 0) is 27.1 Å². The number of hydrogen-bond acceptors (Lipinski definition) is 5. The van der Waals surface area contributed by atoms with Crippen molar-refractivity contribution >= 4 is 12.3 Å². The van der Waals surface area contributed by atoms with Gasteiger partial charge in [0.2, 0.25) is 0 Å². The predicted octanol–water partition coefficient (Wildman–Crippen LogP) is 2.78. The molecule has 1 unspecified atom stereocenters. The molecular weight excluding hydrogens is 361 g/mol. The van der Waals surface area contributed by atoms with Crippen molar-refractivity contribution in [3.05, 3.63) is 35.4 Å².